The van der Waals surface area contributed by atoms with E-state index < -0.39 is 0 Å². The fourth-order valence-corrected chi connectivity index (χ4v) is 2.66. The lowest BCUT2D eigenvalue weighted by Gasteiger charge is -2.39. The first-order chi connectivity index (χ1) is 6.13. The molecule has 0 spiro atoms. The number of ether oxygens (including phenoxy) is 1. The van der Waals surface area contributed by atoms with E-state index in [1.54, 1.807) is 0 Å². The SMILES string of the molecule is CC(C)C1CN[N+]2(C)CCOCC12. The number of rotatable bonds is 1. The molecular formula is C10H21N2O+. The van der Waals surface area contributed by atoms with E-state index in [2.05, 4.69) is 26.3 Å². The molecule has 13 heavy (non-hydrogen) atoms. The zero-order chi connectivity index (χ0) is 9.47. The number of nitrogens with zero attached hydrogens (tertiary/aromatic N) is 1. The maximum atomic E-state index is 5.57. The summed E-state index contributed by atoms with van der Waals surface area (Å²) in [7, 11) is 2.30. The second-order valence-electron chi connectivity index (χ2n) is 4.90. The van der Waals surface area contributed by atoms with E-state index >= 15 is 0 Å². The van der Waals surface area contributed by atoms with Crippen LogP contribution in [0.5, 0.6) is 0 Å². The number of nitrogens with one attached hydrogen (secondary N) is 1. The van der Waals surface area contributed by atoms with Gasteiger partial charge >= 0.3 is 0 Å². The van der Waals surface area contributed by atoms with Gasteiger partial charge in [0, 0.05) is 5.92 Å². The molecular weight excluding hydrogens is 164 g/mol. The van der Waals surface area contributed by atoms with Gasteiger partial charge in [-0.1, -0.05) is 13.8 Å². The quantitative estimate of drug-likeness (QED) is 0.605. The summed E-state index contributed by atoms with van der Waals surface area (Å²) < 4.78 is 6.60. The summed E-state index contributed by atoms with van der Waals surface area (Å²) in [4.78, 5) is 0. The van der Waals surface area contributed by atoms with E-state index in [0.29, 0.717) is 6.04 Å². The van der Waals surface area contributed by atoms with Crippen molar-refractivity contribution in [2.45, 2.75) is 19.9 Å². The molecule has 3 heteroatoms. The minimum Gasteiger partial charge on any atom is -0.369 e. The predicted molar refractivity (Wildman–Crippen MR) is 52.0 cm³/mol. The Morgan fingerprint density at radius 1 is 1.46 bits per heavy atom. The highest BCUT2D eigenvalue weighted by molar-refractivity contribution is 4.80. The minimum absolute atomic E-state index is 0.675. The zero-order valence-corrected chi connectivity index (χ0v) is 8.92. The molecule has 2 rings (SSSR count). The third-order valence-electron chi connectivity index (χ3n) is 3.76. The molecule has 0 saturated carbocycles. The molecule has 0 aromatic carbocycles. The van der Waals surface area contributed by atoms with Gasteiger partial charge in [0.05, 0.1) is 20.2 Å². The fourth-order valence-electron chi connectivity index (χ4n) is 2.66. The van der Waals surface area contributed by atoms with E-state index in [1.807, 2.05) is 0 Å². The number of quaternary nitrogens is 1. The Kier molecular flexibility index (Phi) is 2.34. The van der Waals surface area contributed by atoms with Crippen LogP contribution in [-0.2, 0) is 4.74 Å². The Bertz CT molecular complexity index is 195. The molecule has 0 aliphatic carbocycles. The Balaban J connectivity index is 2.12. The van der Waals surface area contributed by atoms with Gasteiger partial charge in [-0.3, -0.25) is 0 Å². The van der Waals surface area contributed by atoms with Crippen molar-refractivity contribution >= 4 is 0 Å². The largest absolute Gasteiger partial charge is 0.369 e. The maximum absolute atomic E-state index is 5.57. The minimum atomic E-state index is 0.675. The number of likely N-dealkylation sites (N-methyl/N-ethyl adjacent to an activating group) is 1. The van der Waals surface area contributed by atoms with Crippen molar-refractivity contribution in [1.29, 1.82) is 0 Å². The maximum Gasteiger partial charge on any atom is 0.134 e. The van der Waals surface area contributed by atoms with Crippen LogP contribution in [0.4, 0.5) is 0 Å². The second kappa shape index (κ2) is 3.23. The predicted octanol–water partition coefficient (Wildman–Crippen LogP) is 0.622. The molecule has 3 unspecified atom stereocenters. The number of hydrogen-bond donors (Lipinski definition) is 1. The van der Waals surface area contributed by atoms with Crippen molar-refractivity contribution in [3.63, 3.8) is 0 Å². The second-order valence-corrected chi connectivity index (χ2v) is 4.90. The molecule has 0 amide bonds. The van der Waals surface area contributed by atoms with E-state index in [4.69, 9.17) is 4.74 Å². The third kappa shape index (κ3) is 1.49. The van der Waals surface area contributed by atoms with Gasteiger partial charge in [-0.15, -0.1) is 0 Å². The Labute approximate surface area is 80.6 Å². The Morgan fingerprint density at radius 3 is 2.92 bits per heavy atom. The molecule has 76 valence electrons. The summed E-state index contributed by atoms with van der Waals surface area (Å²) in [6.07, 6.45) is 0. The van der Waals surface area contributed by atoms with Crippen molar-refractivity contribution < 1.29 is 9.33 Å². The van der Waals surface area contributed by atoms with Crippen LogP contribution in [0.15, 0.2) is 0 Å². The average molecular weight is 185 g/mol. The van der Waals surface area contributed by atoms with Crippen molar-refractivity contribution in [3.05, 3.63) is 0 Å². The smallest absolute Gasteiger partial charge is 0.134 e. The van der Waals surface area contributed by atoms with E-state index in [9.17, 15) is 0 Å². The molecule has 0 radical (unpaired) electrons. The first-order valence-corrected chi connectivity index (χ1v) is 5.31. The van der Waals surface area contributed by atoms with Gasteiger partial charge in [-0.05, 0) is 5.92 Å². The lowest BCUT2D eigenvalue weighted by Crippen LogP contribution is -2.61. The fraction of sp³-hybridized carbons (Fsp3) is 1.00. The van der Waals surface area contributed by atoms with Crippen molar-refractivity contribution in [3.8, 4) is 0 Å². The van der Waals surface area contributed by atoms with E-state index in [-0.39, 0.29) is 0 Å². The summed E-state index contributed by atoms with van der Waals surface area (Å²) in [5, 5.41) is 0. The molecule has 2 heterocycles. The van der Waals surface area contributed by atoms with Crippen molar-refractivity contribution in [2.75, 3.05) is 33.4 Å². The summed E-state index contributed by atoms with van der Waals surface area (Å²) >= 11 is 0. The van der Waals surface area contributed by atoms with Gasteiger partial charge in [-0.25, -0.2) is 4.59 Å². The number of hydrogen-bond acceptors (Lipinski definition) is 2. The van der Waals surface area contributed by atoms with Crippen LogP contribution in [0.2, 0.25) is 0 Å². The van der Waals surface area contributed by atoms with Crippen LogP contribution in [0, 0.1) is 11.8 Å². The molecule has 0 aromatic heterocycles. The normalized spacial score (nSPS) is 45.2. The van der Waals surface area contributed by atoms with Gasteiger partial charge in [0.1, 0.15) is 19.2 Å². The number of morpholine rings is 1. The summed E-state index contributed by atoms with van der Waals surface area (Å²) in [6, 6.07) is 0.675. The topological polar surface area (TPSA) is 21.3 Å². The van der Waals surface area contributed by atoms with Crippen LogP contribution < -0.4 is 5.43 Å². The van der Waals surface area contributed by atoms with Crippen LogP contribution in [0.1, 0.15) is 13.8 Å². The van der Waals surface area contributed by atoms with Crippen LogP contribution in [0.25, 0.3) is 0 Å². The van der Waals surface area contributed by atoms with E-state index in [1.165, 1.54) is 0 Å². The van der Waals surface area contributed by atoms with Crippen LogP contribution >= 0.6 is 0 Å². The lowest BCUT2D eigenvalue weighted by atomic mass is 9.89. The first-order valence-electron chi connectivity index (χ1n) is 5.31. The van der Waals surface area contributed by atoms with Gasteiger partial charge in [0.25, 0.3) is 0 Å². The van der Waals surface area contributed by atoms with Gasteiger partial charge in [-0.2, -0.15) is 5.43 Å². The molecule has 2 fully saturated rings. The lowest BCUT2D eigenvalue weighted by molar-refractivity contribution is -0.970. The Morgan fingerprint density at radius 2 is 2.23 bits per heavy atom. The Hall–Kier alpha value is -0.120. The first kappa shape index (κ1) is 9.44. The molecule has 1 N–H and O–H groups in total. The van der Waals surface area contributed by atoms with E-state index in [0.717, 1.165) is 42.7 Å². The van der Waals surface area contributed by atoms with Gasteiger partial charge in [0.2, 0.25) is 0 Å². The third-order valence-corrected chi connectivity index (χ3v) is 3.76. The van der Waals surface area contributed by atoms with Crippen molar-refractivity contribution in [2.24, 2.45) is 11.8 Å². The highest BCUT2D eigenvalue weighted by Gasteiger charge is 2.48. The summed E-state index contributed by atoms with van der Waals surface area (Å²) in [6.45, 7) is 8.75. The molecule has 2 aliphatic heterocycles. The standard InChI is InChI=1S/C10H21N2O/c1-8(2)9-6-11-12(3)4-5-13-7-10(9)12/h8-11H,4-7H2,1-3H3/q+1. The van der Waals surface area contributed by atoms with Crippen LogP contribution in [-0.4, -0.2) is 44.0 Å². The monoisotopic (exact) mass is 185 g/mol. The molecule has 3 atom stereocenters. The summed E-state index contributed by atoms with van der Waals surface area (Å²) in [5.74, 6) is 1.55. The average Bonchev–Trinajstić information content (AvgIpc) is 2.41. The zero-order valence-electron chi connectivity index (χ0n) is 8.92. The molecule has 0 aromatic rings. The molecule has 3 nitrogen and oxygen atoms in total. The van der Waals surface area contributed by atoms with Crippen molar-refractivity contribution in [1.82, 2.24) is 5.43 Å². The van der Waals surface area contributed by atoms with Gasteiger partial charge < -0.3 is 4.74 Å². The highest BCUT2D eigenvalue weighted by Crippen LogP contribution is 2.30. The highest BCUT2D eigenvalue weighted by atomic mass is 16.5. The number of fused-ring (bicyclic) bond motifs is 1. The van der Waals surface area contributed by atoms with Crippen LogP contribution in [0.3, 0.4) is 0 Å². The molecule has 2 saturated heterocycles. The molecule has 2 aliphatic rings. The molecule has 0 bridgehead atoms. The van der Waals surface area contributed by atoms with Gasteiger partial charge in [0.15, 0.2) is 0 Å². The summed E-state index contributed by atoms with van der Waals surface area (Å²) in [5.41, 5.74) is 3.62.